The molecule has 1 rings (SSSR count). The Kier molecular flexibility index (Phi) is 6.76. The quantitative estimate of drug-likeness (QED) is 0.617. The van der Waals surface area contributed by atoms with Crippen LogP contribution in [0.2, 0.25) is 0 Å². The van der Waals surface area contributed by atoms with E-state index in [1.807, 2.05) is 11.6 Å². The Morgan fingerprint density at radius 2 is 2.12 bits per heavy atom. The van der Waals surface area contributed by atoms with Gasteiger partial charge in [-0.05, 0) is 13.5 Å². The molecule has 0 radical (unpaired) electrons. The number of rotatable bonds is 9. The van der Waals surface area contributed by atoms with E-state index in [2.05, 4.69) is 10.3 Å². The number of nitrogens with two attached hydrogens (primary N) is 1. The van der Waals surface area contributed by atoms with Crippen molar-refractivity contribution in [1.82, 2.24) is 15.0 Å². The third kappa shape index (κ3) is 4.41. The Hall–Kier alpha value is -0.980. The van der Waals surface area contributed by atoms with Crippen LogP contribution in [-0.2, 0) is 28.9 Å². The van der Waals surface area contributed by atoms with Crippen molar-refractivity contribution in [3.8, 4) is 0 Å². The van der Waals surface area contributed by atoms with Crippen LogP contribution in [0.25, 0.3) is 0 Å². The van der Waals surface area contributed by atoms with Gasteiger partial charge < -0.3 is 15.2 Å². The minimum atomic E-state index is 0.587. The molecule has 0 aliphatic rings. The topological polar surface area (TPSA) is 75.2 Å². The van der Waals surface area contributed by atoms with Crippen LogP contribution in [0.15, 0.2) is 0 Å². The Balaban J connectivity index is 2.65. The molecule has 0 bridgehead atoms. The van der Waals surface area contributed by atoms with E-state index >= 15 is 0 Å². The first-order chi connectivity index (χ1) is 8.33. The summed E-state index contributed by atoms with van der Waals surface area (Å²) in [5, 5.41) is 8.29. The van der Waals surface area contributed by atoms with Crippen LogP contribution in [0.4, 0.5) is 0 Å². The first kappa shape index (κ1) is 14.1. The molecule has 0 saturated carbocycles. The van der Waals surface area contributed by atoms with Gasteiger partial charge >= 0.3 is 0 Å². The van der Waals surface area contributed by atoms with E-state index in [1.165, 1.54) is 0 Å². The van der Waals surface area contributed by atoms with Crippen LogP contribution in [-0.4, -0.2) is 48.5 Å². The number of methoxy groups -OCH3 is 1. The second-order valence-corrected chi connectivity index (χ2v) is 3.68. The van der Waals surface area contributed by atoms with Crippen LogP contribution in [0.3, 0.4) is 0 Å². The van der Waals surface area contributed by atoms with Crippen molar-refractivity contribution in [3.63, 3.8) is 0 Å². The fraction of sp³-hybridized carbons (Fsp3) is 0.818. The zero-order valence-corrected chi connectivity index (χ0v) is 10.7. The van der Waals surface area contributed by atoms with E-state index < -0.39 is 0 Å². The van der Waals surface area contributed by atoms with Crippen LogP contribution in [0, 0.1) is 0 Å². The molecule has 2 N–H and O–H groups in total. The van der Waals surface area contributed by atoms with Gasteiger partial charge in [0.05, 0.1) is 31.1 Å². The fourth-order valence-corrected chi connectivity index (χ4v) is 1.65. The molecule has 6 nitrogen and oxygen atoms in total. The van der Waals surface area contributed by atoms with Crippen LogP contribution < -0.4 is 5.73 Å². The first-order valence-corrected chi connectivity index (χ1v) is 6.01. The van der Waals surface area contributed by atoms with Gasteiger partial charge in [-0.1, -0.05) is 5.21 Å². The van der Waals surface area contributed by atoms with Crippen molar-refractivity contribution in [1.29, 1.82) is 0 Å². The van der Waals surface area contributed by atoms with Gasteiger partial charge in [0.15, 0.2) is 0 Å². The second-order valence-electron chi connectivity index (χ2n) is 3.68. The van der Waals surface area contributed by atoms with Crippen molar-refractivity contribution in [2.75, 3.05) is 33.5 Å². The molecule has 0 aliphatic carbocycles. The normalized spacial score (nSPS) is 11.0. The Bertz CT molecular complexity index is 314. The van der Waals surface area contributed by atoms with Crippen molar-refractivity contribution >= 4 is 0 Å². The predicted molar refractivity (Wildman–Crippen MR) is 64.9 cm³/mol. The Labute approximate surface area is 102 Å². The van der Waals surface area contributed by atoms with E-state index in [-0.39, 0.29) is 0 Å². The van der Waals surface area contributed by atoms with Crippen molar-refractivity contribution in [2.24, 2.45) is 5.73 Å². The van der Waals surface area contributed by atoms with Crippen LogP contribution in [0.1, 0.15) is 18.3 Å². The lowest BCUT2D eigenvalue weighted by molar-refractivity contribution is 0.134. The van der Waals surface area contributed by atoms with Gasteiger partial charge in [0.1, 0.15) is 0 Å². The highest BCUT2D eigenvalue weighted by molar-refractivity contribution is 5.11. The van der Waals surface area contributed by atoms with Gasteiger partial charge in [-0.15, -0.1) is 5.10 Å². The molecule has 0 saturated heterocycles. The number of ether oxygens (including phenoxy) is 2. The van der Waals surface area contributed by atoms with Gasteiger partial charge in [0.25, 0.3) is 0 Å². The van der Waals surface area contributed by atoms with Gasteiger partial charge in [0, 0.05) is 26.6 Å². The summed E-state index contributed by atoms with van der Waals surface area (Å²) in [7, 11) is 1.69. The van der Waals surface area contributed by atoms with E-state index in [1.54, 1.807) is 7.11 Å². The smallest absolute Gasteiger partial charge is 0.0872 e. The molecule has 0 spiro atoms. The summed E-state index contributed by atoms with van der Waals surface area (Å²) in [6.07, 6.45) is 1.57. The molecular weight excluding hydrogens is 220 g/mol. The molecule has 1 aromatic heterocycles. The van der Waals surface area contributed by atoms with E-state index in [0.717, 1.165) is 37.4 Å². The second kappa shape index (κ2) is 8.16. The first-order valence-electron chi connectivity index (χ1n) is 6.01. The largest absolute Gasteiger partial charge is 0.384 e. The van der Waals surface area contributed by atoms with Gasteiger partial charge in [-0.2, -0.15) is 0 Å². The molecule has 0 atom stereocenters. The molecule has 1 heterocycles. The Morgan fingerprint density at radius 1 is 1.29 bits per heavy atom. The maximum atomic E-state index is 5.56. The summed E-state index contributed by atoms with van der Waals surface area (Å²) < 4.78 is 12.3. The SMILES string of the molecule is CCOCCn1nnc(CCN)c1CCOC. The monoisotopic (exact) mass is 242 g/mol. The fourth-order valence-electron chi connectivity index (χ4n) is 1.65. The van der Waals surface area contributed by atoms with E-state index in [4.69, 9.17) is 15.2 Å². The van der Waals surface area contributed by atoms with Crippen molar-refractivity contribution in [3.05, 3.63) is 11.4 Å². The molecule has 0 fully saturated rings. The number of nitrogens with zero attached hydrogens (tertiary/aromatic N) is 3. The summed E-state index contributed by atoms with van der Waals surface area (Å²) >= 11 is 0. The Morgan fingerprint density at radius 3 is 2.76 bits per heavy atom. The van der Waals surface area contributed by atoms with E-state index in [0.29, 0.717) is 19.8 Å². The predicted octanol–water partition coefficient (Wildman–Crippen LogP) is 0.00470. The number of aromatic nitrogens is 3. The lowest BCUT2D eigenvalue weighted by atomic mass is 10.2. The molecule has 98 valence electrons. The average molecular weight is 242 g/mol. The van der Waals surface area contributed by atoms with Gasteiger partial charge in [-0.3, -0.25) is 0 Å². The highest BCUT2D eigenvalue weighted by Crippen LogP contribution is 2.07. The molecule has 0 amide bonds. The minimum absolute atomic E-state index is 0.587. The van der Waals surface area contributed by atoms with Gasteiger partial charge in [-0.25, -0.2) is 4.68 Å². The highest BCUT2D eigenvalue weighted by atomic mass is 16.5. The lowest BCUT2D eigenvalue weighted by Crippen LogP contribution is -2.13. The third-order valence-electron chi connectivity index (χ3n) is 2.49. The van der Waals surface area contributed by atoms with Crippen molar-refractivity contribution < 1.29 is 9.47 Å². The summed E-state index contributed by atoms with van der Waals surface area (Å²) in [6.45, 7) is 5.33. The lowest BCUT2D eigenvalue weighted by Gasteiger charge is -2.07. The summed E-state index contributed by atoms with van der Waals surface area (Å²) in [6, 6.07) is 0. The molecule has 0 aliphatic heterocycles. The van der Waals surface area contributed by atoms with Gasteiger partial charge in [0.2, 0.25) is 0 Å². The van der Waals surface area contributed by atoms with Crippen LogP contribution in [0.5, 0.6) is 0 Å². The molecule has 0 aromatic carbocycles. The number of hydrogen-bond acceptors (Lipinski definition) is 5. The minimum Gasteiger partial charge on any atom is -0.384 e. The maximum Gasteiger partial charge on any atom is 0.0872 e. The van der Waals surface area contributed by atoms with E-state index in [9.17, 15) is 0 Å². The third-order valence-corrected chi connectivity index (χ3v) is 2.49. The zero-order valence-electron chi connectivity index (χ0n) is 10.7. The summed E-state index contributed by atoms with van der Waals surface area (Å²) in [4.78, 5) is 0. The average Bonchev–Trinajstić information content (AvgIpc) is 2.70. The summed E-state index contributed by atoms with van der Waals surface area (Å²) in [5.41, 5.74) is 7.64. The highest BCUT2D eigenvalue weighted by Gasteiger charge is 2.11. The summed E-state index contributed by atoms with van der Waals surface area (Å²) in [5.74, 6) is 0. The molecule has 0 unspecified atom stereocenters. The molecular formula is C11H22N4O2. The molecule has 1 aromatic rings. The van der Waals surface area contributed by atoms with Crippen molar-refractivity contribution in [2.45, 2.75) is 26.3 Å². The molecule has 17 heavy (non-hydrogen) atoms. The number of hydrogen-bond donors (Lipinski definition) is 1. The maximum absolute atomic E-state index is 5.56. The standard InChI is InChI=1S/C11H22N4O2/c1-3-17-9-7-15-11(5-8-16-2)10(4-6-12)13-14-15/h3-9,12H2,1-2H3. The van der Waals surface area contributed by atoms with Crippen LogP contribution >= 0.6 is 0 Å². The molecule has 6 heteroatoms. The zero-order chi connectivity index (χ0) is 12.5.